The van der Waals surface area contributed by atoms with Crippen LogP contribution in [-0.2, 0) is 6.42 Å². The number of aryl methyl sites for hydroxylation is 1. The molecular weight excluding hydrogens is 474 g/mol. The first-order chi connectivity index (χ1) is 18.4. The quantitative estimate of drug-likeness (QED) is 0.255. The average Bonchev–Trinajstić information content (AvgIpc) is 2.94. The summed E-state index contributed by atoms with van der Waals surface area (Å²) in [6, 6.07) is 19.4. The number of rotatable bonds is 8. The molecule has 7 heteroatoms. The van der Waals surface area contributed by atoms with Crippen molar-refractivity contribution in [2.24, 2.45) is 0 Å². The van der Waals surface area contributed by atoms with Gasteiger partial charge in [0.25, 0.3) is 0 Å². The summed E-state index contributed by atoms with van der Waals surface area (Å²) in [4.78, 5) is 44.3. The van der Waals surface area contributed by atoms with Gasteiger partial charge < -0.3 is 9.80 Å². The molecule has 0 bridgehead atoms. The highest BCUT2D eigenvalue weighted by molar-refractivity contribution is 6.13. The van der Waals surface area contributed by atoms with Gasteiger partial charge >= 0.3 is 0 Å². The molecule has 38 heavy (non-hydrogen) atoms. The van der Waals surface area contributed by atoms with Crippen molar-refractivity contribution in [3.8, 4) is 11.3 Å². The molecule has 0 saturated carbocycles. The van der Waals surface area contributed by atoms with Gasteiger partial charge in [-0.05, 0) is 67.4 Å². The molecule has 3 heterocycles. The fourth-order valence-corrected chi connectivity index (χ4v) is 4.64. The van der Waals surface area contributed by atoms with Crippen molar-refractivity contribution < 1.29 is 9.59 Å². The fourth-order valence-electron chi connectivity index (χ4n) is 4.64. The van der Waals surface area contributed by atoms with Crippen molar-refractivity contribution >= 4 is 17.4 Å². The average molecular weight is 506 g/mol. The van der Waals surface area contributed by atoms with E-state index < -0.39 is 0 Å². The second kappa shape index (κ2) is 11.4. The van der Waals surface area contributed by atoms with Crippen LogP contribution in [0.3, 0.4) is 0 Å². The Kier molecular flexibility index (Phi) is 7.65. The summed E-state index contributed by atoms with van der Waals surface area (Å²) < 4.78 is 0. The Bertz CT molecular complexity index is 1450. The van der Waals surface area contributed by atoms with Crippen LogP contribution in [-0.4, -0.2) is 64.6 Å². The standard InChI is InChI=1S/C31H31N5O2/c1-22-8-9-33-27(14-22)30(38)19-29(37)26-17-24(15-23-6-4-3-5-7-23)16-25(18-26)28-20-32-21-31(34-28)36-12-10-35(2)11-13-36/h3-9,14,16-18,20-21H,10-13,15,19H2,1-2H3. The lowest BCUT2D eigenvalue weighted by molar-refractivity contribution is 0.0891. The maximum atomic E-state index is 13.3. The molecule has 4 aromatic rings. The molecule has 1 aliphatic heterocycles. The van der Waals surface area contributed by atoms with Gasteiger partial charge in [-0.25, -0.2) is 4.98 Å². The summed E-state index contributed by atoms with van der Waals surface area (Å²) >= 11 is 0. The van der Waals surface area contributed by atoms with Gasteiger partial charge in [-0.3, -0.25) is 19.6 Å². The SMILES string of the molecule is Cc1ccnc(C(=O)CC(=O)c2cc(Cc3ccccc3)cc(-c3cncc(N4CCN(C)CC4)n3)c2)c1. The third kappa shape index (κ3) is 6.18. The summed E-state index contributed by atoms with van der Waals surface area (Å²) in [5.74, 6) is 0.306. The molecule has 0 aliphatic carbocycles. The Hall–Kier alpha value is -4.23. The van der Waals surface area contributed by atoms with Crippen LogP contribution in [0.4, 0.5) is 5.82 Å². The summed E-state index contributed by atoms with van der Waals surface area (Å²) in [7, 11) is 2.12. The highest BCUT2D eigenvalue weighted by Gasteiger charge is 2.19. The minimum atomic E-state index is -0.287. The molecule has 0 radical (unpaired) electrons. The number of aromatic nitrogens is 3. The van der Waals surface area contributed by atoms with Gasteiger partial charge in [0.05, 0.1) is 24.5 Å². The smallest absolute Gasteiger partial charge is 0.188 e. The van der Waals surface area contributed by atoms with E-state index in [-0.39, 0.29) is 18.0 Å². The van der Waals surface area contributed by atoms with Gasteiger partial charge in [0.15, 0.2) is 11.6 Å². The van der Waals surface area contributed by atoms with Crippen molar-refractivity contribution in [3.05, 3.63) is 107 Å². The Labute approximate surface area is 223 Å². The van der Waals surface area contributed by atoms with Crippen LogP contribution in [0.15, 0.2) is 79.3 Å². The van der Waals surface area contributed by atoms with Crippen LogP contribution < -0.4 is 4.90 Å². The zero-order chi connectivity index (χ0) is 26.5. The first-order valence-corrected chi connectivity index (χ1v) is 12.9. The number of likely N-dealkylation sites (N-methyl/N-ethyl adjacent to an activating group) is 1. The Balaban J connectivity index is 1.46. The lowest BCUT2D eigenvalue weighted by atomic mass is 9.95. The monoisotopic (exact) mass is 505 g/mol. The molecule has 0 unspecified atom stereocenters. The number of carbonyl (C=O) groups is 2. The highest BCUT2D eigenvalue weighted by Crippen LogP contribution is 2.25. The van der Waals surface area contributed by atoms with Crippen molar-refractivity contribution in [2.75, 3.05) is 38.1 Å². The molecule has 1 aliphatic rings. The second-order valence-electron chi connectivity index (χ2n) is 9.88. The van der Waals surface area contributed by atoms with Crippen molar-refractivity contribution in [1.29, 1.82) is 0 Å². The highest BCUT2D eigenvalue weighted by atomic mass is 16.1. The Morgan fingerprint density at radius 1 is 0.868 bits per heavy atom. The van der Waals surface area contributed by atoms with Crippen molar-refractivity contribution in [2.45, 2.75) is 19.8 Å². The molecule has 1 saturated heterocycles. The van der Waals surface area contributed by atoms with E-state index in [4.69, 9.17) is 4.98 Å². The molecule has 0 atom stereocenters. The van der Waals surface area contributed by atoms with E-state index in [1.807, 2.05) is 43.3 Å². The summed E-state index contributed by atoms with van der Waals surface area (Å²) in [5.41, 5.74) is 5.36. The van der Waals surface area contributed by atoms with E-state index in [1.54, 1.807) is 24.7 Å². The van der Waals surface area contributed by atoms with Crippen molar-refractivity contribution in [3.63, 3.8) is 0 Å². The minimum absolute atomic E-state index is 0.238. The molecule has 192 valence electrons. The van der Waals surface area contributed by atoms with Crippen LogP contribution in [0, 0.1) is 6.92 Å². The molecule has 0 N–H and O–H groups in total. The Morgan fingerprint density at radius 2 is 1.66 bits per heavy atom. The van der Waals surface area contributed by atoms with Crippen LogP contribution in [0.5, 0.6) is 0 Å². The van der Waals surface area contributed by atoms with E-state index in [9.17, 15) is 9.59 Å². The predicted molar refractivity (Wildman–Crippen MR) is 149 cm³/mol. The predicted octanol–water partition coefficient (Wildman–Crippen LogP) is 4.65. The third-order valence-electron chi connectivity index (χ3n) is 6.83. The maximum absolute atomic E-state index is 13.3. The summed E-state index contributed by atoms with van der Waals surface area (Å²) in [5, 5.41) is 0. The second-order valence-corrected chi connectivity index (χ2v) is 9.88. The molecule has 2 aromatic heterocycles. The number of piperazine rings is 1. The topological polar surface area (TPSA) is 79.3 Å². The number of ketones is 2. The number of pyridine rings is 1. The minimum Gasteiger partial charge on any atom is -0.353 e. The fraction of sp³-hybridized carbons (Fsp3) is 0.258. The van der Waals surface area contributed by atoms with Gasteiger partial charge in [0, 0.05) is 43.5 Å². The number of hydrogen-bond acceptors (Lipinski definition) is 7. The molecule has 7 nitrogen and oxygen atoms in total. The van der Waals surface area contributed by atoms with Crippen molar-refractivity contribution in [1.82, 2.24) is 19.9 Å². The first kappa shape index (κ1) is 25.4. The number of benzene rings is 2. The molecule has 0 spiro atoms. The van der Waals surface area contributed by atoms with E-state index in [1.165, 1.54) is 0 Å². The number of hydrogen-bond donors (Lipinski definition) is 0. The largest absolute Gasteiger partial charge is 0.353 e. The zero-order valence-corrected chi connectivity index (χ0v) is 21.8. The van der Waals surface area contributed by atoms with Crippen LogP contribution >= 0.6 is 0 Å². The van der Waals surface area contributed by atoms with E-state index in [2.05, 4.69) is 45.0 Å². The molecule has 1 fully saturated rings. The number of carbonyl (C=O) groups excluding carboxylic acids is 2. The number of anilines is 1. The van der Waals surface area contributed by atoms with E-state index in [0.29, 0.717) is 23.4 Å². The van der Waals surface area contributed by atoms with Crippen LogP contribution in [0.25, 0.3) is 11.3 Å². The van der Waals surface area contributed by atoms with Gasteiger partial charge in [-0.1, -0.05) is 30.3 Å². The first-order valence-electron chi connectivity index (χ1n) is 12.9. The Morgan fingerprint density at radius 3 is 2.42 bits per heavy atom. The lowest BCUT2D eigenvalue weighted by Gasteiger charge is -2.33. The molecule has 5 rings (SSSR count). The summed E-state index contributed by atoms with van der Waals surface area (Å²) in [6.45, 7) is 5.63. The normalized spacial score (nSPS) is 13.9. The number of nitrogens with zero attached hydrogens (tertiary/aromatic N) is 5. The molecular formula is C31H31N5O2. The van der Waals surface area contributed by atoms with Gasteiger partial charge in [-0.15, -0.1) is 0 Å². The third-order valence-corrected chi connectivity index (χ3v) is 6.83. The molecule has 0 amide bonds. The zero-order valence-electron chi connectivity index (χ0n) is 21.8. The molecule has 2 aromatic carbocycles. The van der Waals surface area contributed by atoms with Crippen LogP contribution in [0.2, 0.25) is 0 Å². The number of Topliss-reactive ketones (excluding diaryl/α,β-unsaturated/α-hetero) is 2. The lowest BCUT2D eigenvalue weighted by Crippen LogP contribution is -2.44. The van der Waals surface area contributed by atoms with E-state index in [0.717, 1.165) is 54.3 Å². The maximum Gasteiger partial charge on any atom is 0.188 e. The van der Waals surface area contributed by atoms with Crippen LogP contribution in [0.1, 0.15) is 44.0 Å². The summed E-state index contributed by atoms with van der Waals surface area (Å²) in [6.07, 6.45) is 5.54. The van der Waals surface area contributed by atoms with Gasteiger partial charge in [0.1, 0.15) is 11.5 Å². The van der Waals surface area contributed by atoms with Gasteiger partial charge in [0.2, 0.25) is 0 Å². The van der Waals surface area contributed by atoms with E-state index >= 15 is 0 Å². The van der Waals surface area contributed by atoms with Gasteiger partial charge in [-0.2, -0.15) is 0 Å².